The van der Waals surface area contributed by atoms with E-state index in [-0.39, 0.29) is 0 Å². The Bertz CT molecular complexity index is 143. The molecule has 5 nitrogen and oxygen atoms in total. The number of hydrogen-bond acceptors (Lipinski definition) is 5. The van der Waals surface area contributed by atoms with Gasteiger partial charge in [0.25, 0.3) is 0 Å². The summed E-state index contributed by atoms with van der Waals surface area (Å²) in [5.74, 6) is -0.998. The highest BCUT2D eigenvalue weighted by Gasteiger charge is 2.31. The molecular formula is C5H14NO4P. The zero-order valence-corrected chi connectivity index (χ0v) is 7.84. The first-order chi connectivity index (χ1) is 5.10. The molecule has 0 aromatic heterocycles. The molecule has 2 N–H and O–H groups in total. The van der Waals surface area contributed by atoms with Gasteiger partial charge in [0.2, 0.25) is 5.97 Å². The van der Waals surface area contributed by atoms with E-state index in [4.69, 9.17) is 10.5 Å². The van der Waals surface area contributed by atoms with Crippen molar-refractivity contribution in [1.82, 2.24) is 0 Å². The van der Waals surface area contributed by atoms with Crippen molar-refractivity contribution in [3.8, 4) is 0 Å². The van der Waals surface area contributed by atoms with Gasteiger partial charge in [0.05, 0.1) is 0 Å². The molecule has 0 bridgehead atoms. The van der Waals surface area contributed by atoms with Crippen LogP contribution in [0.5, 0.6) is 0 Å². The van der Waals surface area contributed by atoms with E-state index in [0.717, 1.165) is 0 Å². The first-order valence-corrected chi connectivity index (χ1v) is 4.80. The van der Waals surface area contributed by atoms with Crippen LogP contribution in [-0.4, -0.2) is 26.8 Å². The highest BCUT2D eigenvalue weighted by atomic mass is 31.2. The van der Waals surface area contributed by atoms with Crippen molar-refractivity contribution in [3.05, 3.63) is 0 Å². The van der Waals surface area contributed by atoms with Crippen LogP contribution in [0.3, 0.4) is 0 Å². The summed E-state index contributed by atoms with van der Waals surface area (Å²) in [4.78, 5) is 0. The van der Waals surface area contributed by atoms with E-state index in [9.17, 15) is 4.57 Å². The Balaban J connectivity index is 4.13. The highest BCUT2D eigenvalue weighted by molar-refractivity contribution is 7.54. The minimum atomic E-state index is -3.23. The van der Waals surface area contributed by atoms with Crippen LogP contribution in [0, 0.1) is 0 Å². The maximum absolute atomic E-state index is 11.3. The van der Waals surface area contributed by atoms with Gasteiger partial charge < -0.3 is 13.8 Å². The Morgan fingerprint density at radius 2 is 1.91 bits per heavy atom. The molecule has 0 saturated heterocycles. The maximum atomic E-state index is 11.3. The molecule has 11 heavy (non-hydrogen) atoms. The summed E-state index contributed by atoms with van der Waals surface area (Å²) in [5.41, 5.74) is 5.35. The maximum Gasteiger partial charge on any atom is 0.373 e. The Morgan fingerprint density at radius 3 is 2.18 bits per heavy atom. The van der Waals surface area contributed by atoms with Gasteiger partial charge in [-0.1, -0.05) is 0 Å². The van der Waals surface area contributed by atoms with Crippen molar-refractivity contribution in [2.75, 3.05) is 20.8 Å². The predicted molar refractivity (Wildman–Crippen MR) is 41.2 cm³/mol. The lowest BCUT2D eigenvalue weighted by Gasteiger charge is -2.19. The van der Waals surface area contributed by atoms with Crippen LogP contribution in [0.4, 0.5) is 0 Å². The van der Waals surface area contributed by atoms with Gasteiger partial charge in [-0.05, 0) is 6.92 Å². The summed E-state index contributed by atoms with van der Waals surface area (Å²) in [5, 5.41) is 0. The van der Waals surface area contributed by atoms with Crippen LogP contribution < -0.4 is 5.73 Å². The Kier molecular flexibility index (Phi) is 4.88. The van der Waals surface area contributed by atoms with Gasteiger partial charge in [0, 0.05) is 20.8 Å². The average Bonchev–Trinajstić information content (AvgIpc) is 2.03. The first-order valence-electron chi connectivity index (χ1n) is 3.19. The van der Waals surface area contributed by atoms with Crippen LogP contribution in [0.2, 0.25) is 0 Å². The molecule has 6 heteroatoms. The third-order valence-corrected chi connectivity index (χ3v) is 2.95. The lowest BCUT2D eigenvalue weighted by atomic mass is 10.9. The molecule has 0 saturated carbocycles. The predicted octanol–water partition coefficient (Wildman–Crippen LogP) is 0.751. The van der Waals surface area contributed by atoms with E-state index in [1.807, 2.05) is 0 Å². The van der Waals surface area contributed by atoms with Crippen molar-refractivity contribution in [3.63, 3.8) is 0 Å². The topological polar surface area (TPSA) is 70.8 Å². The molecule has 0 amide bonds. The monoisotopic (exact) mass is 183 g/mol. The van der Waals surface area contributed by atoms with E-state index in [1.54, 1.807) is 6.92 Å². The number of hydrogen-bond donors (Lipinski definition) is 1. The molecule has 0 aliphatic heterocycles. The SMILES string of the molecule is CCOC(N)P(=O)(OC)OC. The molecule has 0 radical (unpaired) electrons. The molecule has 1 atom stereocenters. The van der Waals surface area contributed by atoms with E-state index in [1.165, 1.54) is 14.2 Å². The molecule has 0 aromatic rings. The fraction of sp³-hybridized carbons (Fsp3) is 1.00. The molecule has 1 unspecified atom stereocenters. The van der Waals surface area contributed by atoms with E-state index in [2.05, 4.69) is 9.05 Å². The zero-order valence-electron chi connectivity index (χ0n) is 6.94. The molecule has 0 aliphatic rings. The molecule has 0 aliphatic carbocycles. The second-order valence-electron chi connectivity index (χ2n) is 1.75. The lowest BCUT2D eigenvalue weighted by Crippen LogP contribution is -2.25. The lowest BCUT2D eigenvalue weighted by molar-refractivity contribution is 0.0909. The van der Waals surface area contributed by atoms with Gasteiger partial charge in [-0.15, -0.1) is 0 Å². The Morgan fingerprint density at radius 1 is 1.45 bits per heavy atom. The third-order valence-electron chi connectivity index (χ3n) is 1.16. The standard InChI is InChI=1S/C5H14NO4P/c1-4-10-5(6)11(7,8-2)9-3/h5H,4,6H2,1-3H3. The van der Waals surface area contributed by atoms with Gasteiger partial charge >= 0.3 is 7.60 Å². The van der Waals surface area contributed by atoms with E-state index >= 15 is 0 Å². The van der Waals surface area contributed by atoms with Gasteiger partial charge in [-0.2, -0.15) is 0 Å². The number of nitrogens with two attached hydrogens (primary N) is 1. The van der Waals surface area contributed by atoms with Crippen LogP contribution in [0.25, 0.3) is 0 Å². The first kappa shape index (κ1) is 11.1. The minimum absolute atomic E-state index is 0.373. The second kappa shape index (κ2) is 4.85. The van der Waals surface area contributed by atoms with Crippen molar-refractivity contribution in [2.45, 2.75) is 12.9 Å². The fourth-order valence-electron chi connectivity index (χ4n) is 0.544. The molecule has 68 valence electrons. The Labute approximate surface area is 66.3 Å². The summed E-state index contributed by atoms with van der Waals surface area (Å²) < 4.78 is 25.4. The number of ether oxygens (including phenoxy) is 1. The minimum Gasteiger partial charge on any atom is -0.352 e. The van der Waals surface area contributed by atoms with Gasteiger partial charge in [-0.3, -0.25) is 10.3 Å². The van der Waals surface area contributed by atoms with Crippen molar-refractivity contribution < 1.29 is 18.3 Å². The van der Waals surface area contributed by atoms with Crippen molar-refractivity contribution >= 4 is 7.60 Å². The normalized spacial score (nSPS) is 14.9. The van der Waals surface area contributed by atoms with Crippen molar-refractivity contribution in [2.24, 2.45) is 5.73 Å². The van der Waals surface area contributed by atoms with Gasteiger partial charge in [0.15, 0.2) is 0 Å². The fourth-order valence-corrected chi connectivity index (χ4v) is 1.44. The quantitative estimate of drug-likeness (QED) is 0.503. The average molecular weight is 183 g/mol. The van der Waals surface area contributed by atoms with Gasteiger partial charge in [-0.25, -0.2) is 0 Å². The smallest absolute Gasteiger partial charge is 0.352 e. The molecular weight excluding hydrogens is 169 g/mol. The largest absolute Gasteiger partial charge is 0.373 e. The van der Waals surface area contributed by atoms with E-state index in [0.29, 0.717) is 6.61 Å². The second-order valence-corrected chi connectivity index (χ2v) is 4.07. The van der Waals surface area contributed by atoms with Crippen LogP contribution in [0.1, 0.15) is 6.92 Å². The van der Waals surface area contributed by atoms with Gasteiger partial charge in [0.1, 0.15) is 0 Å². The zero-order chi connectivity index (χ0) is 8.91. The summed E-state index contributed by atoms with van der Waals surface area (Å²) >= 11 is 0. The molecule has 0 aromatic carbocycles. The van der Waals surface area contributed by atoms with Crippen molar-refractivity contribution in [1.29, 1.82) is 0 Å². The van der Waals surface area contributed by atoms with E-state index < -0.39 is 13.6 Å². The molecule has 0 fully saturated rings. The van der Waals surface area contributed by atoms with Crippen LogP contribution in [-0.2, 0) is 18.3 Å². The third kappa shape index (κ3) is 2.89. The summed E-state index contributed by atoms with van der Waals surface area (Å²) in [7, 11) is -0.699. The van der Waals surface area contributed by atoms with Crippen LogP contribution >= 0.6 is 7.60 Å². The molecule has 0 rings (SSSR count). The van der Waals surface area contributed by atoms with Crippen LogP contribution in [0.15, 0.2) is 0 Å². The Hall–Kier alpha value is 0.0700. The molecule has 0 spiro atoms. The summed E-state index contributed by atoms with van der Waals surface area (Å²) in [6.07, 6.45) is 0. The molecule has 0 heterocycles. The highest BCUT2D eigenvalue weighted by Crippen LogP contribution is 2.49. The summed E-state index contributed by atoms with van der Waals surface area (Å²) in [6.45, 7) is 2.12. The summed E-state index contributed by atoms with van der Waals surface area (Å²) in [6, 6.07) is 0. The number of rotatable bonds is 5.